The van der Waals surface area contributed by atoms with Gasteiger partial charge < -0.3 is 14.6 Å². The lowest BCUT2D eigenvalue weighted by atomic mass is 10.2. The van der Waals surface area contributed by atoms with Gasteiger partial charge in [-0.3, -0.25) is 0 Å². The molecule has 0 radical (unpaired) electrons. The van der Waals surface area contributed by atoms with Crippen LogP contribution in [0.15, 0.2) is 24.4 Å². The van der Waals surface area contributed by atoms with E-state index < -0.39 is 0 Å². The van der Waals surface area contributed by atoms with Crippen LogP contribution >= 0.6 is 23.2 Å². The number of ether oxygens (including phenoxy) is 1. The van der Waals surface area contributed by atoms with Gasteiger partial charge in [-0.15, -0.1) is 0 Å². The summed E-state index contributed by atoms with van der Waals surface area (Å²) >= 11 is 12.2. The van der Waals surface area contributed by atoms with Gasteiger partial charge in [0.2, 0.25) is 0 Å². The fourth-order valence-corrected chi connectivity index (χ4v) is 2.49. The standard InChI is InChI=1S/C15H17Cl2N3O/c1-20-13(17)8-19-14(20)9-21-15-10(3-2-4-12(15)16)7-18-11-5-6-11/h2-4,8,11,18H,5-7,9H2,1H3. The van der Waals surface area contributed by atoms with Gasteiger partial charge in [0.1, 0.15) is 23.3 Å². The SMILES string of the molecule is Cn1c(Cl)cnc1COc1c(Cl)cccc1CNC1CC1. The van der Waals surface area contributed by atoms with Crippen molar-refractivity contribution < 1.29 is 4.74 Å². The molecule has 0 unspecified atom stereocenters. The number of hydrogen-bond acceptors (Lipinski definition) is 3. The predicted octanol–water partition coefficient (Wildman–Crippen LogP) is 3.56. The number of nitrogens with zero attached hydrogens (tertiary/aromatic N) is 2. The van der Waals surface area contributed by atoms with Crippen LogP contribution in [-0.2, 0) is 20.2 Å². The molecule has 1 saturated carbocycles. The molecule has 0 amide bonds. The van der Waals surface area contributed by atoms with Crippen LogP contribution in [0.2, 0.25) is 10.2 Å². The summed E-state index contributed by atoms with van der Waals surface area (Å²) in [5.74, 6) is 1.48. The Morgan fingerprint density at radius 3 is 2.86 bits per heavy atom. The molecule has 2 aromatic rings. The zero-order valence-electron chi connectivity index (χ0n) is 11.8. The first-order chi connectivity index (χ1) is 10.1. The van der Waals surface area contributed by atoms with Gasteiger partial charge in [-0.05, 0) is 18.9 Å². The van der Waals surface area contributed by atoms with Crippen molar-refractivity contribution in [1.29, 1.82) is 0 Å². The van der Waals surface area contributed by atoms with Crippen molar-refractivity contribution in [2.75, 3.05) is 0 Å². The number of nitrogens with one attached hydrogen (secondary N) is 1. The van der Waals surface area contributed by atoms with E-state index in [9.17, 15) is 0 Å². The molecule has 0 atom stereocenters. The van der Waals surface area contributed by atoms with E-state index >= 15 is 0 Å². The summed E-state index contributed by atoms with van der Waals surface area (Å²) in [6.45, 7) is 1.10. The minimum atomic E-state index is 0.337. The molecule has 1 aromatic carbocycles. The monoisotopic (exact) mass is 325 g/mol. The van der Waals surface area contributed by atoms with Crippen LogP contribution in [0.1, 0.15) is 24.2 Å². The Morgan fingerprint density at radius 1 is 1.38 bits per heavy atom. The second-order valence-corrected chi connectivity index (χ2v) is 6.02. The van der Waals surface area contributed by atoms with Gasteiger partial charge in [-0.1, -0.05) is 35.3 Å². The van der Waals surface area contributed by atoms with Gasteiger partial charge in [0.05, 0.1) is 11.2 Å². The first-order valence-electron chi connectivity index (χ1n) is 6.95. The maximum Gasteiger partial charge on any atom is 0.147 e. The number of hydrogen-bond donors (Lipinski definition) is 1. The number of aromatic nitrogens is 2. The molecular formula is C15H17Cl2N3O. The Kier molecular flexibility index (Phi) is 4.38. The van der Waals surface area contributed by atoms with Crippen molar-refractivity contribution >= 4 is 23.2 Å². The lowest BCUT2D eigenvalue weighted by Crippen LogP contribution is -2.16. The molecule has 6 heteroatoms. The molecule has 21 heavy (non-hydrogen) atoms. The summed E-state index contributed by atoms with van der Waals surface area (Å²) in [6, 6.07) is 6.45. The lowest BCUT2D eigenvalue weighted by Gasteiger charge is -2.13. The number of imidazole rings is 1. The highest BCUT2D eigenvalue weighted by atomic mass is 35.5. The van der Waals surface area contributed by atoms with Crippen LogP contribution in [0.5, 0.6) is 5.75 Å². The molecule has 1 aromatic heterocycles. The Morgan fingerprint density at radius 2 is 2.19 bits per heavy atom. The minimum Gasteiger partial charge on any atom is -0.484 e. The molecule has 112 valence electrons. The second-order valence-electron chi connectivity index (χ2n) is 5.23. The van der Waals surface area contributed by atoms with Crippen LogP contribution in [0, 0.1) is 0 Å². The first kappa shape index (κ1) is 14.7. The van der Waals surface area contributed by atoms with Crippen molar-refractivity contribution in [2.45, 2.75) is 32.0 Å². The summed E-state index contributed by atoms with van der Waals surface area (Å²) in [7, 11) is 1.86. The van der Waals surface area contributed by atoms with Crippen molar-refractivity contribution in [3.05, 3.63) is 46.0 Å². The van der Waals surface area contributed by atoms with Gasteiger partial charge in [0.15, 0.2) is 0 Å². The quantitative estimate of drug-likeness (QED) is 0.882. The third-order valence-corrected chi connectivity index (χ3v) is 4.23. The van der Waals surface area contributed by atoms with Gasteiger partial charge in [0, 0.05) is 25.2 Å². The van der Waals surface area contributed by atoms with Crippen molar-refractivity contribution in [1.82, 2.24) is 14.9 Å². The summed E-state index contributed by atoms with van der Waals surface area (Å²) < 4.78 is 7.68. The van der Waals surface area contributed by atoms with Gasteiger partial charge >= 0.3 is 0 Å². The van der Waals surface area contributed by atoms with E-state index in [1.165, 1.54) is 12.8 Å². The molecule has 1 aliphatic rings. The van der Waals surface area contributed by atoms with Crippen LogP contribution in [0.4, 0.5) is 0 Å². The van der Waals surface area contributed by atoms with Crippen molar-refractivity contribution in [3.8, 4) is 5.75 Å². The number of benzene rings is 1. The number of rotatable bonds is 6. The van der Waals surface area contributed by atoms with E-state index in [1.54, 1.807) is 10.8 Å². The molecule has 1 fully saturated rings. The van der Waals surface area contributed by atoms with Gasteiger partial charge in [-0.2, -0.15) is 0 Å². The highest BCUT2D eigenvalue weighted by Gasteiger charge is 2.21. The van der Waals surface area contributed by atoms with E-state index in [0.717, 1.165) is 17.9 Å². The van der Waals surface area contributed by atoms with Crippen LogP contribution in [-0.4, -0.2) is 15.6 Å². The molecule has 0 spiro atoms. The van der Waals surface area contributed by atoms with Crippen LogP contribution in [0.25, 0.3) is 0 Å². The van der Waals surface area contributed by atoms with Crippen LogP contribution < -0.4 is 10.1 Å². The average molecular weight is 326 g/mol. The zero-order chi connectivity index (χ0) is 14.8. The summed E-state index contributed by atoms with van der Waals surface area (Å²) in [5, 5.41) is 4.68. The third kappa shape index (κ3) is 3.51. The molecule has 0 bridgehead atoms. The summed E-state index contributed by atoms with van der Waals surface area (Å²) in [5.41, 5.74) is 1.06. The molecule has 1 N–H and O–H groups in total. The molecule has 0 aliphatic heterocycles. The maximum atomic E-state index is 6.27. The van der Waals surface area contributed by atoms with E-state index in [4.69, 9.17) is 27.9 Å². The molecular weight excluding hydrogens is 309 g/mol. The fraction of sp³-hybridized carbons (Fsp3) is 0.400. The molecule has 0 saturated heterocycles. The highest BCUT2D eigenvalue weighted by Crippen LogP contribution is 2.30. The van der Waals surface area contributed by atoms with E-state index in [-0.39, 0.29) is 0 Å². The van der Waals surface area contributed by atoms with Crippen LogP contribution in [0.3, 0.4) is 0 Å². The second kappa shape index (κ2) is 6.26. The normalized spacial score (nSPS) is 14.4. The summed E-state index contributed by atoms with van der Waals surface area (Å²) in [4.78, 5) is 4.22. The molecule has 1 heterocycles. The van der Waals surface area contributed by atoms with Gasteiger partial charge in [0.25, 0.3) is 0 Å². The molecule has 4 nitrogen and oxygen atoms in total. The Labute approximate surface area is 134 Å². The van der Waals surface area contributed by atoms with Crippen molar-refractivity contribution in [2.24, 2.45) is 7.05 Å². The number of halogens is 2. The van der Waals surface area contributed by atoms with Crippen molar-refractivity contribution in [3.63, 3.8) is 0 Å². The highest BCUT2D eigenvalue weighted by molar-refractivity contribution is 6.32. The fourth-order valence-electron chi connectivity index (χ4n) is 2.09. The van der Waals surface area contributed by atoms with Gasteiger partial charge in [-0.25, -0.2) is 4.98 Å². The van der Waals surface area contributed by atoms with E-state index in [2.05, 4.69) is 10.3 Å². The largest absolute Gasteiger partial charge is 0.484 e. The predicted molar refractivity (Wildman–Crippen MR) is 83.9 cm³/mol. The minimum absolute atomic E-state index is 0.337. The number of para-hydroxylation sites is 1. The first-order valence-corrected chi connectivity index (χ1v) is 7.70. The molecule has 3 rings (SSSR count). The zero-order valence-corrected chi connectivity index (χ0v) is 13.3. The lowest BCUT2D eigenvalue weighted by molar-refractivity contribution is 0.288. The topological polar surface area (TPSA) is 39.1 Å². The van der Waals surface area contributed by atoms with E-state index in [0.29, 0.717) is 28.6 Å². The average Bonchev–Trinajstić information content (AvgIpc) is 3.25. The Bertz CT molecular complexity index is 638. The Hall–Kier alpha value is -1.23. The maximum absolute atomic E-state index is 6.27. The summed E-state index contributed by atoms with van der Waals surface area (Å²) in [6.07, 6.45) is 4.12. The Balaban J connectivity index is 1.72. The molecule has 1 aliphatic carbocycles. The van der Waals surface area contributed by atoms with E-state index in [1.807, 2.05) is 25.2 Å². The smallest absolute Gasteiger partial charge is 0.147 e. The third-order valence-electron chi connectivity index (χ3n) is 3.58.